The molecule has 0 spiro atoms. The van der Waals surface area contributed by atoms with Gasteiger partial charge >= 0.3 is 5.97 Å². The lowest BCUT2D eigenvalue weighted by Crippen LogP contribution is -2.37. The molecule has 0 aliphatic carbocycles. The van der Waals surface area contributed by atoms with E-state index in [-0.39, 0.29) is 18.6 Å². The number of anilines is 1. The zero-order valence-electron chi connectivity index (χ0n) is 10.2. The number of carbonyl (C=O) groups excluding carboxylic acids is 1. The summed E-state index contributed by atoms with van der Waals surface area (Å²) in [7, 11) is 0. The number of ether oxygens (including phenoxy) is 1. The number of halogens is 1. The Morgan fingerprint density at radius 3 is 2.53 bits per heavy atom. The summed E-state index contributed by atoms with van der Waals surface area (Å²) in [4.78, 5) is 21.6. The molecule has 6 heteroatoms. The maximum Gasteiger partial charge on any atom is 0.325 e. The van der Waals surface area contributed by atoms with Gasteiger partial charge in [-0.05, 0) is 36.7 Å². The summed E-state index contributed by atoms with van der Waals surface area (Å²) in [6.45, 7) is 6.28. The van der Waals surface area contributed by atoms with E-state index in [9.17, 15) is 4.79 Å². The Labute approximate surface area is 109 Å². The third kappa shape index (κ3) is 4.30. The number of carbonyl (C=O) groups is 1. The molecule has 94 valence electrons. The first-order valence-electron chi connectivity index (χ1n) is 5.44. The number of esters is 1. The fourth-order valence-corrected chi connectivity index (χ4v) is 1.49. The first-order chi connectivity index (χ1) is 8.04. The van der Waals surface area contributed by atoms with Crippen molar-refractivity contribution in [1.29, 1.82) is 0 Å². The number of hydrogen-bond acceptors (Lipinski definition) is 5. The highest BCUT2D eigenvalue weighted by Crippen LogP contribution is 2.13. The predicted molar refractivity (Wildman–Crippen MR) is 68.8 cm³/mol. The van der Waals surface area contributed by atoms with Crippen LogP contribution in [0.15, 0.2) is 16.9 Å². The lowest BCUT2D eigenvalue weighted by molar-refractivity contribution is -0.141. The van der Waals surface area contributed by atoms with Gasteiger partial charge in [-0.15, -0.1) is 0 Å². The van der Waals surface area contributed by atoms with E-state index < -0.39 is 0 Å². The summed E-state index contributed by atoms with van der Waals surface area (Å²) in [6.07, 6.45) is 3.31. The number of hydrogen-bond donors (Lipinski definition) is 0. The topological polar surface area (TPSA) is 55.3 Å². The fraction of sp³-hybridized carbons (Fsp3) is 0.545. The van der Waals surface area contributed by atoms with E-state index in [0.29, 0.717) is 12.6 Å². The zero-order chi connectivity index (χ0) is 12.8. The molecule has 0 aliphatic rings. The molecule has 0 fully saturated rings. The minimum atomic E-state index is -0.271. The van der Waals surface area contributed by atoms with Crippen molar-refractivity contribution in [2.75, 3.05) is 18.1 Å². The minimum Gasteiger partial charge on any atom is -0.465 e. The Morgan fingerprint density at radius 1 is 1.47 bits per heavy atom. The van der Waals surface area contributed by atoms with Crippen LogP contribution in [0.25, 0.3) is 0 Å². The lowest BCUT2D eigenvalue weighted by Gasteiger charge is -2.25. The van der Waals surface area contributed by atoms with E-state index in [1.165, 1.54) is 0 Å². The molecule has 0 unspecified atom stereocenters. The maximum absolute atomic E-state index is 11.5. The molecule has 1 aromatic heterocycles. The minimum absolute atomic E-state index is 0.126. The number of rotatable bonds is 5. The van der Waals surface area contributed by atoms with Gasteiger partial charge in [0.2, 0.25) is 5.95 Å². The van der Waals surface area contributed by atoms with Crippen LogP contribution < -0.4 is 4.90 Å². The van der Waals surface area contributed by atoms with Gasteiger partial charge in [0.25, 0.3) is 0 Å². The quantitative estimate of drug-likeness (QED) is 0.779. The molecule has 0 amide bonds. The predicted octanol–water partition coefficient (Wildman–Crippen LogP) is 2.02. The molecule has 0 atom stereocenters. The Bertz CT molecular complexity index is 367. The first kappa shape index (κ1) is 13.9. The van der Waals surface area contributed by atoms with Crippen molar-refractivity contribution in [3.8, 4) is 0 Å². The van der Waals surface area contributed by atoms with Crippen LogP contribution in [0, 0.1) is 0 Å². The summed E-state index contributed by atoms with van der Waals surface area (Å²) in [6, 6.07) is 0.126. The highest BCUT2D eigenvalue weighted by atomic mass is 79.9. The average molecular weight is 302 g/mol. The molecule has 1 aromatic rings. The Balaban J connectivity index is 2.79. The van der Waals surface area contributed by atoms with Crippen molar-refractivity contribution in [2.45, 2.75) is 26.8 Å². The van der Waals surface area contributed by atoms with Crippen molar-refractivity contribution in [2.24, 2.45) is 0 Å². The van der Waals surface area contributed by atoms with Crippen LogP contribution in [0.2, 0.25) is 0 Å². The van der Waals surface area contributed by atoms with Crippen molar-refractivity contribution in [3.63, 3.8) is 0 Å². The summed E-state index contributed by atoms with van der Waals surface area (Å²) in [5.41, 5.74) is 0. The molecular formula is C11H16BrN3O2. The standard InChI is InChI=1S/C11H16BrN3O2/c1-4-17-10(16)7-15(8(2)3)11-13-5-9(12)6-14-11/h5-6,8H,4,7H2,1-3H3. The fourth-order valence-electron chi connectivity index (χ4n) is 1.28. The van der Waals surface area contributed by atoms with Gasteiger partial charge in [0, 0.05) is 18.4 Å². The van der Waals surface area contributed by atoms with Gasteiger partial charge in [-0.25, -0.2) is 9.97 Å². The van der Waals surface area contributed by atoms with E-state index in [0.717, 1.165) is 4.47 Å². The number of aromatic nitrogens is 2. The molecule has 1 rings (SSSR count). The molecule has 0 aromatic carbocycles. The second-order valence-electron chi connectivity index (χ2n) is 3.73. The molecule has 17 heavy (non-hydrogen) atoms. The Morgan fingerprint density at radius 2 is 2.06 bits per heavy atom. The monoisotopic (exact) mass is 301 g/mol. The van der Waals surface area contributed by atoms with Crippen LogP contribution in [0.1, 0.15) is 20.8 Å². The van der Waals surface area contributed by atoms with Gasteiger partial charge in [0.15, 0.2) is 0 Å². The second-order valence-corrected chi connectivity index (χ2v) is 4.64. The second kappa shape index (κ2) is 6.54. The molecular weight excluding hydrogens is 286 g/mol. The van der Waals surface area contributed by atoms with Gasteiger partial charge in [0.1, 0.15) is 6.54 Å². The van der Waals surface area contributed by atoms with Crippen molar-refractivity contribution in [3.05, 3.63) is 16.9 Å². The van der Waals surface area contributed by atoms with E-state index in [4.69, 9.17) is 4.74 Å². The third-order valence-electron chi connectivity index (χ3n) is 2.09. The van der Waals surface area contributed by atoms with Gasteiger partial charge in [-0.1, -0.05) is 0 Å². The Hall–Kier alpha value is -1.17. The third-order valence-corrected chi connectivity index (χ3v) is 2.50. The molecule has 0 N–H and O–H groups in total. The average Bonchev–Trinajstić information content (AvgIpc) is 2.27. The van der Waals surface area contributed by atoms with Crippen LogP contribution in [0.5, 0.6) is 0 Å². The SMILES string of the molecule is CCOC(=O)CN(c1ncc(Br)cn1)C(C)C. The van der Waals surface area contributed by atoms with Gasteiger partial charge < -0.3 is 9.64 Å². The maximum atomic E-state index is 11.5. The van der Waals surface area contributed by atoms with Crippen molar-refractivity contribution >= 4 is 27.8 Å². The molecule has 5 nitrogen and oxygen atoms in total. The van der Waals surface area contributed by atoms with Crippen LogP contribution >= 0.6 is 15.9 Å². The molecule has 0 saturated heterocycles. The van der Waals surface area contributed by atoms with E-state index in [2.05, 4.69) is 25.9 Å². The highest BCUT2D eigenvalue weighted by molar-refractivity contribution is 9.10. The molecule has 0 saturated carbocycles. The summed E-state index contributed by atoms with van der Waals surface area (Å²) >= 11 is 3.27. The molecule has 0 radical (unpaired) electrons. The van der Waals surface area contributed by atoms with Gasteiger partial charge in [0.05, 0.1) is 11.1 Å². The summed E-state index contributed by atoms with van der Waals surface area (Å²) in [5.74, 6) is 0.254. The van der Waals surface area contributed by atoms with Crippen LogP contribution in [0.4, 0.5) is 5.95 Å². The van der Waals surface area contributed by atoms with Gasteiger partial charge in [-0.3, -0.25) is 4.79 Å². The van der Waals surface area contributed by atoms with Gasteiger partial charge in [-0.2, -0.15) is 0 Å². The van der Waals surface area contributed by atoms with Crippen molar-refractivity contribution in [1.82, 2.24) is 9.97 Å². The largest absolute Gasteiger partial charge is 0.465 e. The summed E-state index contributed by atoms with van der Waals surface area (Å²) < 4.78 is 5.73. The van der Waals surface area contributed by atoms with Crippen LogP contribution in [0.3, 0.4) is 0 Å². The van der Waals surface area contributed by atoms with Crippen molar-refractivity contribution < 1.29 is 9.53 Å². The zero-order valence-corrected chi connectivity index (χ0v) is 11.8. The smallest absolute Gasteiger partial charge is 0.325 e. The van der Waals surface area contributed by atoms with E-state index >= 15 is 0 Å². The van der Waals surface area contributed by atoms with E-state index in [1.807, 2.05) is 13.8 Å². The molecule has 0 bridgehead atoms. The lowest BCUT2D eigenvalue weighted by atomic mass is 10.3. The first-order valence-corrected chi connectivity index (χ1v) is 6.23. The molecule has 0 aliphatic heterocycles. The normalized spacial score (nSPS) is 10.4. The van der Waals surface area contributed by atoms with Crippen LogP contribution in [-0.2, 0) is 9.53 Å². The number of nitrogens with zero attached hydrogens (tertiary/aromatic N) is 3. The highest BCUT2D eigenvalue weighted by Gasteiger charge is 2.17. The van der Waals surface area contributed by atoms with E-state index in [1.54, 1.807) is 24.2 Å². The molecule has 1 heterocycles. The Kier molecular flexibility index (Phi) is 5.34. The summed E-state index contributed by atoms with van der Waals surface area (Å²) in [5, 5.41) is 0. The van der Waals surface area contributed by atoms with Crippen LogP contribution in [-0.4, -0.2) is 35.1 Å².